The molecule has 1 aromatic heterocycles. The topological polar surface area (TPSA) is 59.2 Å². The second kappa shape index (κ2) is 6.62. The molecule has 3 aromatic rings. The van der Waals surface area contributed by atoms with Crippen LogP contribution in [0.4, 0.5) is 10.1 Å². The van der Waals surface area contributed by atoms with E-state index in [0.29, 0.717) is 12.1 Å². The predicted octanol–water partition coefficient (Wildman–Crippen LogP) is 3.85. The van der Waals surface area contributed by atoms with Gasteiger partial charge in [-0.15, -0.1) is 10.2 Å². The quantitative estimate of drug-likeness (QED) is 0.731. The molecule has 0 radical (unpaired) electrons. The molecular formula is C18H16FN3O2. The van der Waals surface area contributed by atoms with Crippen LogP contribution in [0.2, 0.25) is 0 Å². The SMILES string of the molecule is CCN(C(=O)c1nnc(-c2cccc(F)c2)o1)c1cccc(C)c1. The van der Waals surface area contributed by atoms with Gasteiger partial charge in [-0.2, -0.15) is 0 Å². The lowest BCUT2D eigenvalue weighted by molar-refractivity contribution is 0.0955. The first-order valence-corrected chi connectivity index (χ1v) is 7.56. The second-order valence-electron chi connectivity index (χ2n) is 5.31. The third-order valence-corrected chi connectivity index (χ3v) is 3.55. The first-order valence-electron chi connectivity index (χ1n) is 7.56. The average Bonchev–Trinajstić information content (AvgIpc) is 3.05. The van der Waals surface area contributed by atoms with Gasteiger partial charge in [0.2, 0.25) is 5.89 Å². The maximum absolute atomic E-state index is 13.3. The molecule has 0 spiro atoms. The summed E-state index contributed by atoms with van der Waals surface area (Å²) in [4.78, 5) is 14.2. The van der Waals surface area contributed by atoms with E-state index in [4.69, 9.17) is 4.42 Å². The summed E-state index contributed by atoms with van der Waals surface area (Å²) in [7, 11) is 0. The molecule has 122 valence electrons. The molecule has 0 aliphatic heterocycles. The van der Waals surface area contributed by atoms with Crippen LogP contribution in [0, 0.1) is 12.7 Å². The molecule has 5 nitrogen and oxygen atoms in total. The largest absolute Gasteiger partial charge is 0.412 e. The van der Waals surface area contributed by atoms with Gasteiger partial charge in [0.25, 0.3) is 0 Å². The van der Waals surface area contributed by atoms with E-state index in [9.17, 15) is 9.18 Å². The number of aromatic nitrogens is 2. The summed E-state index contributed by atoms with van der Waals surface area (Å²) >= 11 is 0. The molecule has 2 aromatic carbocycles. The van der Waals surface area contributed by atoms with Crippen molar-refractivity contribution in [1.29, 1.82) is 0 Å². The van der Waals surface area contributed by atoms with Crippen LogP contribution in [0.15, 0.2) is 52.9 Å². The minimum Gasteiger partial charge on any atom is -0.412 e. The van der Waals surface area contributed by atoms with E-state index >= 15 is 0 Å². The fraction of sp³-hybridized carbons (Fsp3) is 0.167. The molecule has 1 amide bonds. The van der Waals surface area contributed by atoms with Crippen molar-refractivity contribution in [3.8, 4) is 11.5 Å². The molecule has 0 N–H and O–H groups in total. The van der Waals surface area contributed by atoms with Crippen LogP contribution in [-0.2, 0) is 0 Å². The molecule has 0 saturated heterocycles. The fourth-order valence-corrected chi connectivity index (χ4v) is 2.40. The summed E-state index contributed by atoms with van der Waals surface area (Å²) in [6.07, 6.45) is 0. The Kier molecular flexibility index (Phi) is 4.37. The zero-order valence-corrected chi connectivity index (χ0v) is 13.4. The van der Waals surface area contributed by atoms with Crippen LogP contribution in [0.5, 0.6) is 0 Å². The minimum atomic E-state index is -0.409. The van der Waals surface area contributed by atoms with Gasteiger partial charge in [0.05, 0.1) is 0 Å². The zero-order valence-electron chi connectivity index (χ0n) is 13.4. The highest BCUT2D eigenvalue weighted by Crippen LogP contribution is 2.22. The van der Waals surface area contributed by atoms with Gasteiger partial charge >= 0.3 is 11.8 Å². The van der Waals surface area contributed by atoms with Crippen molar-refractivity contribution in [2.45, 2.75) is 13.8 Å². The van der Waals surface area contributed by atoms with Gasteiger partial charge in [-0.05, 0) is 49.7 Å². The molecule has 6 heteroatoms. The fourth-order valence-electron chi connectivity index (χ4n) is 2.40. The number of carbonyl (C=O) groups excluding carboxylic acids is 1. The number of halogens is 1. The predicted molar refractivity (Wildman–Crippen MR) is 88.2 cm³/mol. The Hall–Kier alpha value is -3.02. The Balaban J connectivity index is 1.90. The lowest BCUT2D eigenvalue weighted by Crippen LogP contribution is -2.30. The lowest BCUT2D eigenvalue weighted by Gasteiger charge is -2.19. The van der Waals surface area contributed by atoms with Crippen LogP contribution in [0.3, 0.4) is 0 Å². The van der Waals surface area contributed by atoms with Crippen molar-refractivity contribution >= 4 is 11.6 Å². The molecule has 1 heterocycles. The monoisotopic (exact) mass is 325 g/mol. The summed E-state index contributed by atoms with van der Waals surface area (Å²) < 4.78 is 18.7. The Labute approximate surface area is 138 Å². The van der Waals surface area contributed by atoms with Gasteiger partial charge in [-0.25, -0.2) is 4.39 Å². The first kappa shape index (κ1) is 15.9. The van der Waals surface area contributed by atoms with E-state index in [-0.39, 0.29) is 11.8 Å². The van der Waals surface area contributed by atoms with Crippen LogP contribution in [0.1, 0.15) is 23.2 Å². The van der Waals surface area contributed by atoms with Crippen molar-refractivity contribution in [3.63, 3.8) is 0 Å². The summed E-state index contributed by atoms with van der Waals surface area (Å²) in [5.74, 6) is -0.817. The summed E-state index contributed by atoms with van der Waals surface area (Å²) in [5.41, 5.74) is 2.23. The number of rotatable bonds is 4. The number of hydrogen-bond donors (Lipinski definition) is 0. The van der Waals surface area contributed by atoms with Crippen molar-refractivity contribution in [2.75, 3.05) is 11.4 Å². The number of aryl methyl sites for hydroxylation is 1. The molecule has 0 aliphatic rings. The van der Waals surface area contributed by atoms with Crippen LogP contribution >= 0.6 is 0 Å². The van der Waals surface area contributed by atoms with Gasteiger partial charge in [0.15, 0.2) is 0 Å². The Morgan fingerprint density at radius 2 is 1.96 bits per heavy atom. The van der Waals surface area contributed by atoms with Gasteiger partial charge in [0, 0.05) is 17.8 Å². The van der Waals surface area contributed by atoms with Gasteiger partial charge in [0.1, 0.15) is 5.82 Å². The van der Waals surface area contributed by atoms with Crippen molar-refractivity contribution in [1.82, 2.24) is 10.2 Å². The van der Waals surface area contributed by atoms with Crippen LogP contribution in [-0.4, -0.2) is 22.6 Å². The van der Waals surface area contributed by atoms with Crippen molar-refractivity contribution in [3.05, 3.63) is 65.8 Å². The maximum Gasteiger partial charge on any atom is 0.315 e. The van der Waals surface area contributed by atoms with Crippen molar-refractivity contribution < 1.29 is 13.6 Å². The number of nitrogens with zero attached hydrogens (tertiary/aromatic N) is 3. The molecule has 3 rings (SSSR count). The molecule has 0 bridgehead atoms. The molecule has 0 unspecified atom stereocenters. The van der Waals surface area contributed by atoms with Crippen molar-refractivity contribution in [2.24, 2.45) is 0 Å². The highest BCUT2D eigenvalue weighted by atomic mass is 19.1. The molecule has 0 aliphatic carbocycles. The van der Waals surface area contributed by atoms with Crippen LogP contribution in [0.25, 0.3) is 11.5 Å². The number of anilines is 1. The van der Waals surface area contributed by atoms with Crippen LogP contribution < -0.4 is 4.90 Å². The number of benzene rings is 2. The summed E-state index contributed by atoms with van der Waals surface area (Å²) in [5, 5.41) is 7.65. The molecule has 0 fully saturated rings. The first-order chi connectivity index (χ1) is 11.6. The second-order valence-corrected chi connectivity index (χ2v) is 5.31. The summed E-state index contributed by atoms with van der Waals surface area (Å²) in [6, 6.07) is 13.4. The third kappa shape index (κ3) is 3.17. The van der Waals surface area contributed by atoms with Gasteiger partial charge < -0.3 is 9.32 Å². The Morgan fingerprint density at radius 3 is 2.67 bits per heavy atom. The van der Waals surface area contributed by atoms with E-state index in [1.165, 1.54) is 12.1 Å². The normalized spacial score (nSPS) is 10.6. The number of carbonyl (C=O) groups is 1. The highest BCUT2D eigenvalue weighted by molar-refractivity contribution is 6.03. The summed E-state index contributed by atoms with van der Waals surface area (Å²) in [6.45, 7) is 4.28. The lowest BCUT2D eigenvalue weighted by atomic mass is 10.2. The average molecular weight is 325 g/mol. The van der Waals surface area contributed by atoms with Gasteiger partial charge in [-0.1, -0.05) is 18.2 Å². The Morgan fingerprint density at radius 1 is 1.17 bits per heavy atom. The molecular weight excluding hydrogens is 309 g/mol. The molecule has 0 atom stereocenters. The third-order valence-electron chi connectivity index (χ3n) is 3.55. The molecule has 0 saturated carbocycles. The van der Waals surface area contributed by atoms with E-state index in [1.807, 2.05) is 38.1 Å². The maximum atomic E-state index is 13.3. The number of hydrogen-bond acceptors (Lipinski definition) is 4. The smallest absolute Gasteiger partial charge is 0.315 e. The number of amides is 1. The van der Waals surface area contributed by atoms with E-state index in [1.54, 1.807) is 17.0 Å². The minimum absolute atomic E-state index is 0.109. The van der Waals surface area contributed by atoms with E-state index in [2.05, 4.69) is 10.2 Å². The Bertz CT molecular complexity index is 876. The van der Waals surface area contributed by atoms with E-state index in [0.717, 1.165) is 11.3 Å². The highest BCUT2D eigenvalue weighted by Gasteiger charge is 2.23. The molecule has 24 heavy (non-hydrogen) atoms. The zero-order chi connectivity index (χ0) is 17.1. The van der Waals surface area contributed by atoms with Gasteiger partial charge in [-0.3, -0.25) is 4.79 Å². The van der Waals surface area contributed by atoms with E-state index < -0.39 is 11.7 Å². The standard InChI is InChI=1S/C18H16FN3O2/c1-3-22(15-9-4-6-12(2)10-15)18(23)17-21-20-16(24-17)13-7-5-8-14(19)11-13/h4-11H,3H2,1-2H3.